The molecule has 0 radical (unpaired) electrons. The van der Waals surface area contributed by atoms with E-state index in [1.807, 2.05) is 0 Å². The minimum absolute atomic E-state index is 1.25. The summed E-state index contributed by atoms with van der Waals surface area (Å²) in [6.45, 7) is 2.78. The van der Waals surface area contributed by atoms with Crippen LogP contribution in [0.25, 0.3) is 0 Å². The maximum absolute atomic E-state index is 9.04. The molecular weight excluding hydrogens is 186 g/mol. The Kier molecular flexibility index (Phi) is 5.15. The standard InChI is InChI=1S/C7H16N.C2H2O4/c1-8(2)6-4-3-5-7-8;3-1(4)2(5)6/h3-7H2,1-2H3;(H,3,4)(H,5,6)/q+1;/p-1. The van der Waals surface area contributed by atoms with Crippen LogP contribution < -0.4 is 5.11 Å². The van der Waals surface area contributed by atoms with E-state index >= 15 is 0 Å². The number of rotatable bonds is 0. The van der Waals surface area contributed by atoms with Crippen molar-refractivity contribution in [3.8, 4) is 0 Å². The van der Waals surface area contributed by atoms with Gasteiger partial charge in [0.25, 0.3) is 0 Å². The number of piperidine rings is 1. The summed E-state index contributed by atoms with van der Waals surface area (Å²) in [5.74, 6) is -4.01. The average Bonchev–Trinajstić information content (AvgIpc) is 2.04. The number of carboxylic acid groups (broad SMARTS) is 2. The van der Waals surface area contributed by atoms with Crippen molar-refractivity contribution in [2.24, 2.45) is 0 Å². The van der Waals surface area contributed by atoms with Crippen LogP contribution in [0, 0.1) is 0 Å². The zero-order valence-corrected chi connectivity index (χ0v) is 8.65. The fourth-order valence-electron chi connectivity index (χ4n) is 1.37. The molecule has 5 nitrogen and oxygen atoms in total. The third-order valence-electron chi connectivity index (χ3n) is 2.20. The molecule has 1 fully saturated rings. The summed E-state index contributed by atoms with van der Waals surface area (Å²) in [6.07, 6.45) is 4.34. The van der Waals surface area contributed by atoms with E-state index in [1.165, 1.54) is 36.8 Å². The first-order valence-electron chi connectivity index (χ1n) is 4.61. The maximum Gasteiger partial charge on any atom is 0.351 e. The number of nitrogens with zero attached hydrogens (tertiary/aromatic N) is 1. The predicted octanol–water partition coefficient (Wildman–Crippen LogP) is -0.932. The minimum atomic E-state index is -2.07. The Morgan fingerprint density at radius 2 is 1.50 bits per heavy atom. The summed E-state index contributed by atoms with van der Waals surface area (Å²) >= 11 is 0. The van der Waals surface area contributed by atoms with Gasteiger partial charge in [0.05, 0.1) is 27.2 Å². The molecule has 1 aliphatic heterocycles. The lowest BCUT2D eigenvalue weighted by molar-refractivity contribution is -0.894. The first kappa shape index (κ1) is 12.9. The number of carboxylic acids is 2. The number of aliphatic carboxylic acids is 2. The molecule has 5 heteroatoms. The number of likely N-dealkylation sites (tertiary alicyclic amines) is 1. The molecule has 0 unspecified atom stereocenters. The van der Waals surface area contributed by atoms with Gasteiger partial charge in [0, 0.05) is 0 Å². The van der Waals surface area contributed by atoms with Crippen molar-refractivity contribution < 1.29 is 24.3 Å². The highest BCUT2D eigenvalue weighted by Crippen LogP contribution is 2.12. The number of carbonyl (C=O) groups is 2. The van der Waals surface area contributed by atoms with Crippen LogP contribution in [0.15, 0.2) is 0 Å². The van der Waals surface area contributed by atoms with Crippen molar-refractivity contribution in [2.45, 2.75) is 19.3 Å². The van der Waals surface area contributed by atoms with Crippen molar-refractivity contribution in [3.05, 3.63) is 0 Å². The SMILES string of the molecule is C[N+]1(C)CCCCC1.O=C([O-])C(=O)O. The average molecular weight is 203 g/mol. The fraction of sp³-hybridized carbons (Fsp3) is 0.778. The van der Waals surface area contributed by atoms with Crippen LogP contribution >= 0.6 is 0 Å². The molecule has 0 atom stereocenters. The molecule has 1 saturated heterocycles. The van der Waals surface area contributed by atoms with Crippen LogP contribution in [0.3, 0.4) is 0 Å². The van der Waals surface area contributed by atoms with Crippen molar-refractivity contribution in [1.82, 2.24) is 0 Å². The Hall–Kier alpha value is -1.10. The highest BCUT2D eigenvalue weighted by molar-refractivity contribution is 6.26. The van der Waals surface area contributed by atoms with E-state index in [9.17, 15) is 0 Å². The molecule has 14 heavy (non-hydrogen) atoms. The van der Waals surface area contributed by atoms with Crippen molar-refractivity contribution in [1.29, 1.82) is 0 Å². The van der Waals surface area contributed by atoms with Crippen LogP contribution in [0.5, 0.6) is 0 Å². The summed E-state index contributed by atoms with van der Waals surface area (Å²) < 4.78 is 1.25. The van der Waals surface area contributed by atoms with Crippen LogP contribution in [0.1, 0.15) is 19.3 Å². The van der Waals surface area contributed by atoms with Gasteiger partial charge in [0.2, 0.25) is 0 Å². The molecule has 1 rings (SSSR count). The number of quaternary nitrogens is 1. The van der Waals surface area contributed by atoms with E-state index in [0.717, 1.165) is 0 Å². The van der Waals surface area contributed by atoms with E-state index < -0.39 is 11.9 Å². The molecule has 0 aromatic rings. The zero-order chi connectivity index (χ0) is 11.2. The number of carbonyl (C=O) groups excluding carboxylic acids is 1. The molecule has 0 aromatic heterocycles. The Labute approximate surface area is 83.5 Å². The Morgan fingerprint density at radius 1 is 1.14 bits per heavy atom. The van der Waals surface area contributed by atoms with Gasteiger partial charge in [-0.3, -0.25) is 0 Å². The van der Waals surface area contributed by atoms with Gasteiger partial charge in [-0.05, 0) is 19.3 Å². The largest absolute Gasteiger partial charge is 0.539 e. The molecule has 0 aromatic carbocycles. The van der Waals surface area contributed by atoms with E-state index in [1.54, 1.807) is 0 Å². The molecule has 82 valence electrons. The fourth-order valence-corrected chi connectivity index (χ4v) is 1.37. The van der Waals surface area contributed by atoms with Gasteiger partial charge < -0.3 is 19.5 Å². The highest BCUT2D eigenvalue weighted by atomic mass is 16.4. The van der Waals surface area contributed by atoms with Gasteiger partial charge in [-0.15, -0.1) is 0 Å². The van der Waals surface area contributed by atoms with Crippen molar-refractivity contribution in [3.63, 3.8) is 0 Å². The maximum atomic E-state index is 9.04. The number of hydrogen-bond acceptors (Lipinski definition) is 3. The molecule has 0 spiro atoms. The molecular formula is C9H17NO4. The van der Waals surface area contributed by atoms with Gasteiger partial charge in [0.15, 0.2) is 5.97 Å². The van der Waals surface area contributed by atoms with Gasteiger partial charge in [-0.1, -0.05) is 0 Å². The lowest BCUT2D eigenvalue weighted by atomic mass is 10.1. The summed E-state index contributed by atoms with van der Waals surface area (Å²) in [5, 5.41) is 16.3. The third kappa shape index (κ3) is 6.42. The molecule has 0 bridgehead atoms. The van der Waals surface area contributed by atoms with Crippen LogP contribution in [0.4, 0.5) is 0 Å². The van der Waals surface area contributed by atoms with Crippen molar-refractivity contribution in [2.75, 3.05) is 27.2 Å². The van der Waals surface area contributed by atoms with Gasteiger partial charge in [-0.2, -0.15) is 0 Å². The third-order valence-corrected chi connectivity index (χ3v) is 2.20. The quantitative estimate of drug-likeness (QED) is 0.407. The smallest absolute Gasteiger partial charge is 0.351 e. The first-order chi connectivity index (χ1) is 6.35. The van der Waals surface area contributed by atoms with Crippen LogP contribution in [-0.4, -0.2) is 48.7 Å². The van der Waals surface area contributed by atoms with Crippen LogP contribution in [-0.2, 0) is 9.59 Å². The second kappa shape index (κ2) is 5.59. The molecule has 1 aliphatic rings. The van der Waals surface area contributed by atoms with Gasteiger partial charge >= 0.3 is 5.97 Å². The van der Waals surface area contributed by atoms with Gasteiger partial charge in [0.1, 0.15) is 0 Å². The molecule has 1 heterocycles. The lowest BCUT2D eigenvalue weighted by Crippen LogP contribution is -2.43. The van der Waals surface area contributed by atoms with E-state index in [2.05, 4.69) is 14.1 Å². The van der Waals surface area contributed by atoms with E-state index in [-0.39, 0.29) is 0 Å². The highest BCUT2D eigenvalue weighted by Gasteiger charge is 2.17. The topological polar surface area (TPSA) is 77.4 Å². The van der Waals surface area contributed by atoms with Crippen LogP contribution in [0.2, 0.25) is 0 Å². The predicted molar refractivity (Wildman–Crippen MR) is 48.3 cm³/mol. The first-order valence-corrected chi connectivity index (χ1v) is 4.61. The Bertz CT molecular complexity index is 193. The second-order valence-corrected chi connectivity index (χ2v) is 4.04. The van der Waals surface area contributed by atoms with Gasteiger partial charge in [-0.25, -0.2) is 4.79 Å². The molecule has 0 saturated carbocycles. The van der Waals surface area contributed by atoms with E-state index in [4.69, 9.17) is 19.8 Å². The second-order valence-electron chi connectivity index (χ2n) is 4.04. The Balaban J connectivity index is 0.000000255. The van der Waals surface area contributed by atoms with Crippen molar-refractivity contribution >= 4 is 11.9 Å². The number of hydrogen-bond donors (Lipinski definition) is 1. The summed E-state index contributed by atoms with van der Waals surface area (Å²) in [5.41, 5.74) is 0. The summed E-state index contributed by atoms with van der Waals surface area (Å²) in [7, 11) is 4.64. The van der Waals surface area contributed by atoms with E-state index in [0.29, 0.717) is 0 Å². The normalized spacial score (nSPS) is 19.0. The Morgan fingerprint density at radius 3 is 1.64 bits per heavy atom. The monoisotopic (exact) mass is 203 g/mol. The zero-order valence-electron chi connectivity index (χ0n) is 8.65. The molecule has 0 amide bonds. The minimum Gasteiger partial charge on any atom is -0.539 e. The molecule has 1 N–H and O–H groups in total. The lowest BCUT2D eigenvalue weighted by Gasteiger charge is -2.33. The molecule has 0 aliphatic carbocycles. The summed E-state index contributed by atoms with van der Waals surface area (Å²) in [4.78, 5) is 18.0. The summed E-state index contributed by atoms with van der Waals surface area (Å²) in [6, 6.07) is 0.